The highest BCUT2D eigenvalue weighted by molar-refractivity contribution is 5.49. The first-order valence-corrected chi connectivity index (χ1v) is 5.52. The lowest BCUT2D eigenvalue weighted by molar-refractivity contribution is 0.461. The number of hydrogen-bond donors (Lipinski definition) is 1. The Bertz CT molecular complexity index is 665. The first-order valence-electron chi connectivity index (χ1n) is 5.52. The van der Waals surface area contributed by atoms with Gasteiger partial charge in [0.25, 0.3) is 0 Å². The molecule has 0 amide bonds. The number of nitrogen functional groups attached to an aromatic ring is 1. The van der Waals surface area contributed by atoms with Crippen molar-refractivity contribution in [2.75, 3.05) is 5.73 Å². The number of anilines is 1. The zero-order chi connectivity index (χ0) is 13.7. The number of nitrogens with zero attached hydrogens (tertiary/aromatic N) is 3. The van der Waals surface area contributed by atoms with Gasteiger partial charge in [0.15, 0.2) is 0 Å². The summed E-state index contributed by atoms with van der Waals surface area (Å²) in [6.45, 7) is 0. The SMILES string of the molecule is N#CCc1ccc(Oc2ncc(N)cc2C#N)cc1. The van der Waals surface area contributed by atoms with Crippen LogP contribution in [0.15, 0.2) is 36.5 Å². The van der Waals surface area contributed by atoms with Crippen LogP contribution < -0.4 is 10.5 Å². The predicted octanol–water partition coefficient (Wildman–Crippen LogP) is 2.39. The molecule has 1 aromatic carbocycles. The summed E-state index contributed by atoms with van der Waals surface area (Å²) in [5.41, 5.74) is 7.14. The first-order chi connectivity index (χ1) is 9.22. The molecule has 2 aromatic rings. The molecule has 0 atom stereocenters. The maximum Gasteiger partial charge on any atom is 0.237 e. The maximum absolute atomic E-state index is 8.97. The van der Waals surface area contributed by atoms with E-state index in [1.54, 1.807) is 24.3 Å². The lowest BCUT2D eigenvalue weighted by Gasteiger charge is -2.07. The fourth-order valence-corrected chi connectivity index (χ4v) is 1.51. The molecular weight excluding hydrogens is 240 g/mol. The van der Waals surface area contributed by atoms with Crippen molar-refractivity contribution in [3.05, 3.63) is 47.7 Å². The van der Waals surface area contributed by atoms with Gasteiger partial charge in [0.2, 0.25) is 5.88 Å². The van der Waals surface area contributed by atoms with Crippen molar-refractivity contribution in [2.24, 2.45) is 0 Å². The minimum absolute atomic E-state index is 0.213. The highest BCUT2D eigenvalue weighted by atomic mass is 16.5. The minimum Gasteiger partial charge on any atom is -0.438 e. The van der Waals surface area contributed by atoms with Gasteiger partial charge in [-0.15, -0.1) is 0 Å². The summed E-state index contributed by atoms with van der Waals surface area (Å²) in [5.74, 6) is 0.764. The minimum atomic E-state index is 0.213. The van der Waals surface area contributed by atoms with Gasteiger partial charge in [-0.1, -0.05) is 12.1 Å². The van der Waals surface area contributed by atoms with Crippen molar-refractivity contribution >= 4 is 5.69 Å². The average Bonchev–Trinajstić information content (AvgIpc) is 2.43. The van der Waals surface area contributed by atoms with E-state index in [1.807, 2.05) is 6.07 Å². The van der Waals surface area contributed by atoms with Crippen molar-refractivity contribution in [2.45, 2.75) is 6.42 Å². The fraction of sp³-hybridized carbons (Fsp3) is 0.0714. The number of benzene rings is 1. The quantitative estimate of drug-likeness (QED) is 0.902. The van der Waals surface area contributed by atoms with Gasteiger partial charge in [-0.05, 0) is 23.8 Å². The molecule has 5 heteroatoms. The van der Waals surface area contributed by atoms with Crippen LogP contribution in [-0.2, 0) is 6.42 Å². The second kappa shape index (κ2) is 5.52. The Balaban J connectivity index is 2.22. The normalized spacial score (nSPS) is 9.37. The Kier molecular flexibility index (Phi) is 3.61. The van der Waals surface area contributed by atoms with Crippen molar-refractivity contribution in [1.29, 1.82) is 10.5 Å². The van der Waals surface area contributed by atoms with Gasteiger partial charge in [0.1, 0.15) is 17.4 Å². The largest absolute Gasteiger partial charge is 0.438 e. The molecule has 19 heavy (non-hydrogen) atoms. The van der Waals surface area contributed by atoms with E-state index in [9.17, 15) is 0 Å². The summed E-state index contributed by atoms with van der Waals surface area (Å²) >= 11 is 0. The summed E-state index contributed by atoms with van der Waals surface area (Å²) < 4.78 is 5.52. The molecule has 0 fully saturated rings. The van der Waals surface area contributed by atoms with Crippen molar-refractivity contribution in [1.82, 2.24) is 4.98 Å². The van der Waals surface area contributed by atoms with Gasteiger partial charge in [0, 0.05) is 0 Å². The molecule has 0 unspecified atom stereocenters. The van der Waals surface area contributed by atoms with Gasteiger partial charge in [-0.25, -0.2) is 4.98 Å². The zero-order valence-corrected chi connectivity index (χ0v) is 10.00. The van der Waals surface area contributed by atoms with E-state index in [4.69, 9.17) is 21.0 Å². The van der Waals surface area contributed by atoms with Gasteiger partial charge in [-0.2, -0.15) is 10.5 Å². The van der Waals surface area contributed by atoms with Crippen LogP contribution in [0.25, 0.3) is 0 Å². The number of rotatable bonds is 3. The van der Waals surface area contributed by atoms with Crippen LogP contribution >= 0.6 is 0 Å². The van der Waals surface area contributed by atoms with E-state index >= 15 is 0 Å². The number of ether oxygens (including phenoxy) is 1. The Morgan fingerprint density at radius 1 is 1.21 bits per heavy atom. The van der Waals surface area contributed by atoms with Crippen molar-refractivity contribution < 1.29 is 4.74 Å². The third-order valence-electron chi connectivity index (χ3n) is 2.41. The maximum atomic E-state index is 8.97. The van der Waals surface area contributed by atoms with Crippen LogP contribution in [-0.4, -0.2) is 4.98 Å². The molecule has 0 bridgehead atoms. The molecule has 2 rings (SSSR count). The van der Waals surface area contributed by atoms with Crippen LogP contribution in [0.4, 0.5) is 5.69 Å². The third kappa shape index (κ3) is 2.99. The van der Waals surface area contributed by atoms with E-state index in [-0.39, 0.29) is 11.4 Å². The number of hydrogen-bond acceptors (Lipinski definition) is 5. The van der Waals surface area contributed by atoms with Crippen molar-refractivity contribution in [3.63, 3.8) is 0 Å². The molecule has 0 saturated heterocycles. The number of nitriles is 2. The van der Waals surface area contributed by atoms with Crippen molar-refractivity contribution in [3.8, 4) is 23.8 Å². The predicted molar refractivity (Wildman–Crippen MR) is 69.2 cm³/mol. The topological polar surface area (TPSA) is 95.7 Å². The van der Waals surface area contributed by atoms with E-state index in [2.05, 4.69) is 11.1 Å². The summed E-state index contributed by atoms with van der Waals surface area (Å²) in [5, 5.41) is 17.6. The lowest BCUT2D eigenvalue weighted by Crippen LogP contribution is -1.95. The highest BCUT2D eigenvalue weighted by Gasteiger charge is 2.07. The molecular formula is C14H10N4O. The molecule has 0 spiro atoms. The average molecular weight is 250 g/mol. The molecule has 0 saturated carbocycles. The monoisotopic (exact) mass is 250 g/mol. The molecule has 0 radical (unpaired) electrons. The van der Waals surface area contributed by atoms with E-state index in [1.165, 1.54) is 12.3 Å². The second-order valence-corrected chi connectivity index (χ2v) is 3.81. The van der Waals surface area contributed by atoms with E-state index in [0.29, 0.717) is 17.9 Å². The van der Waals surface area contributed by atoms with Gasteiger partial charge in [0.05, 0.1) is 24.4 Å². The molecule has 92 valence electrons. The summed E-state index contributed by atoms with van der Waals surface area (Å²) in [6, 6.07) is 12.6. The van der Waals surface area contributed by atoms with Crippen LogP contribution in [0.5, 0.6) is 11.6 Å². The summed E-state index contributed by atoms with van der Waals surface area (Å²) in [6.07, 6.45) is 1.78. The standard InChI is InChI=1S/C14H10N4O/c15-6-5-10-1-3-13(4-2-10)19-14-11(8-16)7-12(17)9-18-14/h1-4,7,9H,5,17H2. The van der Waals surface area contributed by atoms with E-state index in [0.717, 1.165) is 5.56 Å². The molecule has 5 nitrogen and oxygen atoms in total. The van der Waals surface area contributed by atoms with Crippen LogP contribution in [0.2, 0.25) is 0 Å². The molecule has 1 heterocycles. The molecule has 2 N–H and O–H groups in total. The Morgan fingerprint density at radius 2 is 1.95 bits per heavy atom. The van der Waals surface area contributed by atoms with E-state index < -0.39 is 0 Å². The number of pyridine rings is 1. The molecule has 1 aromatic heterocycles. The van der Waals surface area contributed by atoms with Gasteiger partial charge >= 0.3 is 0 Å². The second-order valence-electron chi connectivity index (χ2n) is 3.81. The lowest BCUT2D eigenvalue weighted by atomic mass is 10.2. The van der Waals surface area contributed by atoms with Crippen LogP contribution in [0, 0.1) is 22.7 Å². The summed E-state index contributed by atoms with van der Waals surface area (Å²) in [7, 11) is 0. The Morgan fingerprint density at radius 3 is 2.58 bits per heavy atom. The molecule has 0 aliphatic carbocycles. The number of nitrogens with two attached hydrogens (primary N) is 1. The van der Waals surface area contributed by atoms with Crippen LogP contribution in [0.3, 0.4) is 0 Å². The van der Waals surface area contributed by atoms with Gasteiger partial charge in [-0.3, -0.25) is 0 Å². The fourth-order valence-electron chi connectivity index (χ4n) is 1.51. The smallest absolute Gasteiger partial charge is 0.237 e. The molecule has 0 aliphatic heterocycles. The third-order valence-corrected chi connectivity index (χ3v) is 2.41. The Labute approximate surface area is 110 Å². The summed E-state index contributed by atoms with van der Waals surface area (Å²) in [4.78, 5) is 3.98. The molecule has 0 aliphatic rings. The first kappa shape index (κ1) is 12.4. The Hall–Kier alpha value is -3.05. The van der Waals surface area contributed by atoms with Crippen LogP contribution in [0.1, 0.15) is 11.1 Å². The highest BCUT2D eigenvalue weighted by Crippen LogP contribution is 2.24. The van der Waals surface area contributed by atoms with Gasteiger partial charge < -0.3 is 10.5 Å². The number of aromatic nitrogens is 1. The zero-order valence-electron chi connectivity index (χ0n) is 10.00.